The Labute approximate surface area is 199 Å². The Bertz CT molecular complexity index is 902. The largest absolute Gasteiger partial charge is 0.494 e. The van der Waals surface area contributed by atoms with Crippen LogP contribution in [-0.4, -0.2) is 24.3 Å². The number of nitriles is 1. The maximum atomic E-state index is 11.9. The van der Waals surface area contributed by atoms with Crippen molar-refractivity contribution in [1.29, 1.82) is 5.26 Å². The SMILES string of the molecule is Cc1cc(OCCCC(C#N)(CCCOc2cc(C)c(Cl)c(C)c2)C(=O)O)cc(C)c1Cl. The number of carboxylic acids is 1. The highest BCUT2D eigenvalue weighted by molar-refractivity contribution is 6.32. The number of hydrogen-bond acceptors (Lipinski definition) is 4. The van der Waals surface area contributed by atoms with Gasteiger partial charge in [0.15, 0.2) is 5.41 Å². The van der Waals surface area contributed by atoms with Crippen LogP contribution in [0.5, 0.6) is 11.5 Å². The van der Waals surface area contributed by atoms with E-state index >= 15 is 0 Å². The maximum Gasteiger partial charge on any atom is 0.324 e. The number of aryl methyl sites for hydroxylation is 4. The highest BCUT2D eigenvalue weighted by atomic mass is 35.5. The first-order valence-corrected chi connectivity index (χ1v) is 11.3. The molecule has 0 radical (unpaired) electrons. The first-order valence-electron chi connectivity index (χ1n) is 10.5. The van der Waals surface area contributed by atoms with Crippen molar-refractivity contribution < 1.29 is 19.4 Å². The molecule has 32 heavy (non-hydrogen) atoms. The molecule has 172 valence electrons. The van der Waals surface area contributed by atoms with Gasteiger partial charge in [0, 0.05) is 10.0 Å². The lowest BCUT2D eigenvalue weighted by molar-refractivity contribution is -0.146. The normalized spacial score (nSPS) is 11.2. The van der Waals surface area contributed by atoms with Crippen molar-refractivity contribution in [3.8, 4) is 17.6 Å². The average molecular weight is 478 g/mol. The zero-order chi connectivity index (χ0) is 23.9. The van der Waals surface area contributed by atoms with Crippen LogP contribution in [0.1, 0.15) is 47.9 Å². The molecule has 0 fully saturated rings. The van der Waals surface area contributed by atoms with E-state index in [-0.39, 0.29) is 12.8 Å². The molecule has 2 aromatic rings. The van der Waals surface area contributed by atoms with Gasteiger partial charge >= 0.3 is 5.97 Å². The van der Waals surface area contributed by atoms with E-state index in [4.69, 9.17) is 32.7 Å². The molecule has 0 saturated carbocycles. The van der Waals surface area contributed by atoms with Gasteiger partial charge in [-0.3, -0.25) is 4.79 Å². The van der Waals surface area contributed by atoms with E-state index in [1.807, 2.05) is 58.0 Å². The van der Waals surface area contributed by atoms with Gasteiger partial charge < -0.3 is 14.6 Å². The van der Waals surface area contributed by atoms with Gasteiger partial charge in [0.25, 0.3) is 0 Å². The molecular formula is C25H29Cl2NO4. The quantitative estimate of drug-likeness (QED) is 0.358. The summed E-state index contributed by atoms with van der Waals surface area (Å²) in [5, 5.41) is 20.8. The van der Waals surface area contributed by atoms with Crippen LogP contribution in [0.15, 0.2) is 24.3 Å². The molecule has 0 heterocycles. The van der Waals surface area contributed by atoms with E-state index in [2.05, 4.69) is 0 Å². The molecule has 0 atom stereocenters. The van der Waals surface area contributed by atoms with Crippen molar-refractivity contribution in [1.82, 2.24) is 0 Å². The van der Waals surface area contributed by atoms with Gasteiger partial charge in [-0.15, -0.1) is 0 Å². The molecule has 2 rings (SSSR count). The zero-order valence-electron chi connectivity index (χ0n) is 18.9. The highest BCUT2D eigenvalue weighted by Gasteiger charge is 2.38. The van der Waals surface area contributed by atoms with Crippen molar-refractivity contribution in [3.05, 3.63) is 56.6 Å². The number of carboxylic acid groups (broad SMARTS) is 1. The molecule has 0 aromatic heterocycles. The first kappa shape index (κ1) is 25.8. The lowest BCUT2D eigenvalue weighted by Crippen LogP contribution is -2.30. The van der Waals surface area contributed by atoms with Crippen LogP contribution in [-0.2, 0) is 4.79 Å². The van der Waals surface area contributed by atoms with Crippen molar-refractivity contribution >= 4 is 29.2 Å². The summed E-state index contributed by atoms with van der Waals surface area (Å²) in [4.78, 5) is 11.9. The summed E-state index contributed by atoms with van der Waals surface area (Å²) >= 11 is 12.3. The van der Waals surface area contributed by atoms with E-state index in [1.54, 1.807) is 0 Å². The summed E-state index contributed by atoms with van der Waals surface area (Å²) in [7, 11) is 0. The van der Waals surface area contributed by atoms with Gasteiger partial charge in [0.2, 0.25) is 0 Å². The fraction of sp³-hybridized carbons (Fsp3) is 0.440. The molecule has 5 nitrogen and oxygen atoms in total. The molecule has 0 aliphatic carbocycles. The number of nitrogens with zero attached hydrogens (tertiary/aromatic N) is 1. The Morgan fingerprint density at radius 3 is 1.50 bits per heavy atom. The van der Waals surface area contributed by atoms with Crippen molar-refractivity contribution in [2.75, 3.05) is 13.2 Å². The molecular weight excluding hydrogens is 449 g/mol. The van der Waals surface area contributed by atoms with E-state index in [0.29, 0.717) is 47.6 Å². The number of rotatable bonds is 11. The monoisotopic (exact) mass is 477 g/mol. The minimum Gasteiger partial charge on any atom is -0.494 e. The van der Waals surface area contributed by atoms with E-state index < -0.39 is 11.4 Å². The molecule has 1 N–H and O–H groups in total. The minimum atomic E-state index is -1.47. The Balaban J connectivity index is 1.88. The third-order valence-electron chi connectivity index (χ3n) is 5.48. The number of hydrogen-bond donors (Lipinski definition) is 1. The summed E-state index contributed by atoms with van der Waals surface area (Å²) in [6, 6.07) is 9.41. The fourth-order valence-electron chi connectivity index (χ4n) is 3.61. The number of ether oxygens (including phenoxy) is 2. The van der Waals surface area contributed by atoms with Crippen molar-refractivity contribution in [2.24, 2.45) is 5.41 Å². The van der Waals surface area contributed by atoms with Crippen LogP contribution in [0, 0.1) is 44.4 Å². The maximum absolute atomic E-state index is 11.9. The van der Waals surface area contributed by atoms with Crippen LogP contribution < -0.4 is 9.47 Å². The number of carbonyl (C=O) groups is 1. The van der Waals surface area contributed by atoms with Gasteiger partial charge in [-0.25, -0.2) is 0 Å². The summed E-state index contributed by atoms with van der Waals surface area (Å²) in [6.07, 6.45) is 1.28. The topological polar surface area (TPSA) is 79.5 Å². The highest BCUT2D eigenvalue weighted by Crippen LogP contribution is 2.31. The predicted molar refractivity (Wildman–Crippen MR) is 127 cm³/mol. The van der Waals surface area contributed by atoms with E-state index in [1.165, 1.54) is 0 Å². The summed E-state index contributed by atoms with van der Waals surface area (Å²) in [6.45, 7) is 8.25. The summed E-state index contributed by atoms with van der Waals surface area (Å²) in [5.74, 6) is 0.254. The molecule has 2 aromatic carbocycles. The number of aliphatic carboxylic acids is 1. The van der Waals surface area contributed by atoms with E-state index in [9.17, 15) is 15.2 Å². The molecule has 0 saturated heterocycles. The Morgan fingerprint density at radius 1 is 0.875 bits per heavy atom. The fourth-order valence-corrected chi connectivity index (χ4v) is 3.82. The molecule has 0 aliphatic rings. The van der Waals surface area contributed by atoms with Crippen molar-refractivity contribution in [2.45, 2.75) is 53.4 Å². The molecule has 0 spiro atoms. The van der Waals surface area contributed by atoms with Crippen LogP contribution in [0.25, 0.3) is 0 Å². The van der Waals surface area contributed by atoms with Gasteiger partial charge in [0.1, 0.15) is 11.5 Å². The van der Waals surface area contributed by atoms with Gasteiger partial charge in [-0.1, -0.05) is 23.2 Å². The lowest BCUT2D eigenvalue weighted by Gasteiger charge is -2.22. The van der Waals surface area contributed by atoms with Gasteiger partial charge in [-0.05, 0) is 99.9 Å². The standard InChI is InChI=1S/C25H29Cl2NO4/c1-16-11-20(12-17(2)22(16)26)31-9-5-7-25(15-28,24(29)30)8-6-10-32-21-13-18(3)23(27)19(4)14-21/h11-14H,5-10H2,1-4H3,(H,29,30). The van der Waals surface area contributed by atoms with E-state index in [0.717, 1.165) is 22.3 Å². The number of halogens is 2. The molecule has 0 amide bonds. The first-order chi connectivity index (χ1) is 15.1. The van der Waals surface area contributed by atoms with Crippen LogP contribution in [0.4, 0.5) is 0 Å². The Hall–Kier alpha value is -2.42. The predicted octanol–water partition coefficient (Wildman–Crippen LogP) is 6.84. The average Bonchev–Trinajstić information content (AvgIpc) is 2.74. The van der Waals surface area contributed by atoms with Crippen molar-refractivity contribution in [3.63, 3.8) is 0 Å². The van der Waals surface area contributed by atoms with Crippen LogP contribution in [0.3, 0.4) is 0 Å². The minimum absolute atomic E-state index is 0.198. The second-order valence-corrected chi connectivity index (χ2v) is 8.90. The number of benzene rings is 2. The van der Waals surface area contributed by atoms with Gasteiger partial charge in [0.05, 0.1) is 19.3 Å². The molecule has 0 bridgehead atoms. The molecule has 0 aliphatic heterocycles. The Morgan fingerprint density at radius 2 is 1.22 bits per heavy atom. The third kappa shape index (κ3) is 6.54. The summed E-state index contributed by atoms with van der Waals surface area (Å²) < 4.78 is 11.5. The molecule has 7 heteroatoms. The zero-order valence-corrected chi connectivity index (χ0v) is 20.4. The summed E-state index contributed by atoms with van der Waals surface area (Å²) in [5.41, 5.74) is 2.22. The third-order valence-corrected chi connectivity index (χ3v) is 6.67. The second-order valence-electron chi connectivity index (χ2n) is 8.15. The lowest BCUT2D eigenvalue weighted by atomic mass is 9.80. The molecule has 0 unspecified atom stereocenters. The van der Waals surface area contributed by atoms with Crippen LogP contribution >= 0.6 is 23.2 Å². The van der Waals surface area contributed by atoms with Crippen LogP contribution in [0.2, 0.25) is 10.0 Å². The Kier molecular flexibility index (Phi) is 9.24. The second kappa shape index (κ2) is 11.4. The smallest absolute Gasteiger partial charge is 0.324 e. The van der Waals surface area contributed by atoms with Gasteiger partial charge in [-0.2, -0.15) is 5.26 Å².